The minimum absolute atomic E-state index is 0.0905. The molecule has 0 unspecified atom stereocenters. The zero-order valence-corrected chi connectivity index (χ0v) is 11.7. The van der Waals surface area contributed by atoms with Gasteiger partial charge in [-0.25, -0.2) is 0 Å². The van der Waals surface area contributed by atoms with Gasteiger partial charge in [-0.15, -0.1) is 0 Å². The molecule has 0 saturated heterocycles. The van der Waals surface area contributed by atoms with Crippen LogP contribution in [0.25, 0.3) is 0 Å². The minimum Gasteiger partial charge on any atom is -0.383 e. The van der Waals surface area contributed by atoms with Gasteiger partial charge in [0, 0.05) is 23.1 Å². The van der Waals surface area contributed by atoms with Gasteiger partial charge in [0.15, 0.2) is 5.78 Å². The SMILES string of the molecule is CCCN=C(N)c1ccccc1C(=O)C(C)(C)C. The molecule has 98 valence electrons. The minimum atomic E-state index is -0.416. The van der Waals surface area contributed by atoms with Crippen LogP contribution in [0.3, 0.4) is 0 Å². The van der Waals surface area contributed by atoms with Gasteiger partial charge in [0.1, 0.15) is 5.84 Å². The number of benzene rings is 1. The van der Waals surface area contributed by atoms with Crippen molar-refractivity contribution < 1.29 is 4.79 Å². The molecule has 0 aliphatic carbocycles. The lowest BCUT2D eigenvalue weighted by atomic mass is 9.84. The van der Waals surface area contributed by atoms with Gasteiger partial charge in [0.2, 0.25) is 0 Å². The van der Waals surface area contributed by atoms with E-state index in [9.17, 15) is 4.79 Å². The molecule has 3 nitrogen and oxygen atoms in total. The van der Waals surface area contributed by atoms with Crippen molar-refractivity contribution in [2.45, 2.75) is 34.1 Å². The van der Waals surface area contributed by atoms with E-state index in [4.69, 9.17) is 5.73 Å². The molecule has 0 spiro atoms. The van der Waals surface area contributed by atoms with Crippen molar-refractivity contribution in [3.8, 4) is 0 Å². The summed E-state index contributed by atoms with van der Waals surface area (Å²) in [4.78, 5) is 16.6. The molecule has 1 aromatic rings. The summed E-state index contributed by atoms with van der Waals surface area (Å²) in [6.07, 6.45) is 0.941. The molecular formula is C15H22N2O. The Morgan fingerprint density at radius 2 is 1.78 bits per heavy atom. The number of rotatable bonds is 4. The number of ketones is 1. The van der Waals surface area contributed by atoms with Gasteiger partial charge in [0.25, 0.3) is 0 Å². The van der Waals surface area contributed by atoms with Crippen molar-refractivity contribution in [1.82, 2.24) is 0 Å². The summed E-state index contributed by atoms with van der Waals surface area (Å²) in [7, 11) is 0. The average Bonchev–Trinajstić information content (AvgIpc) is 2.34. The first-order valence-electron chi connectivity index (χ1n) is 6.32. The van der Waals surface area contributed by atoms with Gasteiger partial charge in [0.05, 0.1) is 0 Å². The van der Waals surface area contributed by atoms with Gasteiger partial charge in [-0.1, -0.05) is 52.0 Å². The molecule has 0 saturated carbocycles. The number of Topliss-reactive ketones (excluding diaryl/α,β-unsaturated/α-hetero) is 1. The lowest BCUT2D eigenvalue weighted by Gasteiger charge is -2.18. The van der Waals surface area contributed by atoms with E-state index < -0.39 is 5.41 Å². The van der Waals surface area contributed by atoms with E-state index in [1.807, 2.05) is 52.0 Å². The maximum atomic E-state index is 12.4. The van der Waals surface area contributed by atoms with E-state index >= 15 is 0 Å². The van der Waals surface area contributed by atoms with Crippen molar-refractivity contribution >= 4 is 11.6 Å². The molecule has 1 aromatic carbocycles. The number of nitrogens with zero attached hydrogens (tertiary/aromatic N) is 1. The third kappa shape index (κ3) is 3.42. The highest BCUT2D eigenvalue weighted by Gasteiger charge is 2.25. The summed E-state index contributed by atoms with van der Waals surface area (Å²) in [5.74, 6) is 0.540. The van der Waals surface area contributed by atoms with Crippen LogP contribution in [0.2, 0.25) is 0 Å². The largest absolute Gasteiger partial charge is 0.383 e. The predicted molar refractivity (Wildman–Crippen MR) is 76.1 cm³/mol. The van der Waals surface area contributed by atoms with E-state index in [1.54, 1.807) is 0 Å². The van der Waals surface area contributed by atoms with Gasteiger partial charge < -0.3 is 5.73 Å². The fourth-order valence-corrected chi connectivity index (χ4v) is 1.63. The van der Waals surface area contributed by atoms with Crippen LogP contribution >= 0.6 is 0 Å². The second-order valence-electron chi connectivity index (χ2n) is 5.39. The monoisotopic (exact) mass is 246 g/mol. The summed E-state index contributed by atoms with van der Waals surface area (Å²) in [5, 5.41) is 0. The van der Waals surface area contributed by atoms with E-state index in [0.717, 1.165) is 12.0 Å². The number of aliphatic imine (C=N–C) groups is 1. The Morgan fingerprint density at radius 1 is 1.22 bits per heavy atom. The molecule has 0 aliphatic heterocycles. The van der Waals surface area contributed by atoms with E-state index in [-0.39, 0.29) is 5.78 Å². The average molecular weight is 246 g/mol. The summed E-state index contributed by atoms with van der Waals surface area (Å²) >= 11 is 0. The quantitative estimate of drug-likeness (QED) is 0.504. The van der Waals surface area contributed by atoms with E-state index in [2.05, 4.69) is 4.99 Å². The van der Waals surface area contributed by atoms with Crippen LogP contribution in [0.1, 0.15) is 50.0 Å². The van der Waals surface area contributed by atoms with E-state index in [1.165, 1.54) is 0 Å². The molecule has 0 aromatic heterocycles. The highest BCUT2D eigenvalue weighted by molar-refractivity contribution is 6.11. The number of hydrogen-bond acceptors (Lipinski definition) is 2. The van der Waals surface area contributed by atoms with Crippen LogP contribution in [-0.4, -0.2) is 18.2 Å². The number of hydrogen-bond donors (Lipinski definition) is 1. The smallest absolute Gasteiger partial charge is 0.168 e. The van der Waals surface area contributed by atoms with Crippen molar-refractivity contribution in [3.63, 3.8) is 0 Å². The Hall–Kier alpha value is -1.64. The van der Waals surface area contributed by atoms with Gasteiger partial charge in [-0.05, 0) is 6.42 Å². The second-order valence-corrected chi connectivity index (χ2v) is 5.39. The van der Waals surface area contributed by atoms with Crippen LogP contribution in [0.4, 0.5) is 0 Å². The Bertz CT molecular complexity index is 456. The first-order chi connectivity index (χ1) is 8.38. The molecule has 0 bridgehead atoms. The zero-order chi connectivity index (χ0) is 13.8. The number of amidine groups is 1. The molecule has 0 aliphatic rings. The molecule has 1 rings (SSSR count). The summed E-state index contributed by atoms with van der Waals surface area (Å²) < 4.78 is 0. The molecule has 0 radical (unpaired) electrons. The molecule has 0 fully saturated rings. The number of carbonyl (C=O) groups is 1. The molecule has 18 heavy (non-hydrogen) atoms. The van der Waals surface area contributed by atoms with Crippen LogP contribution in [0, 0.1) is 5.41 Å². The summed E-state index contributed by atoms with van der Waals surface area (Å²) in [6, 6.07) is 7.41. The first kappa shape index (κ1) is 14.4. The normalized spacial score (nSPS) is 12.6. The molecule has 0 heterocycles. The fraction of sp³-hybridized carbons (Fsp3) is 0.467. The molecular weight excluding hydrogens is 224 g/mol. The van der Waals surface area contributed by atoms with Gasteiger partial charge >= 0.3 is 0 Å². The Labute approximate surface area is 109 Å². The third-order valence-corrected chi connectivity index (χ3v) is 2.63. The van der Waals surface area contributed by atoms with Crippen LogP contribution in [0.5, 0.6) is 0 Å². The first-order valence-corrected chi connectivity index (χ1v) is 6.32. The van der Waals surface area contributed by atoms with Crippen molar-refractivity contribution in [2.75, 3.05) is 6.54 Å². The number of nitrogens with two attached hydrogens (primary N) is 1. The van der Waals surface area contributed by atoms with E-state index in [0.29, 0.717) is 17.9 Å². The molecule has 0 amide bonds. The lowest BCUT2D eigenvalue weighted by Crippen LogP contribution is -2.25. The summed E-state index contributed by atoms with van der Waals surface area (Å²) in [5.41, 5.74) is 6.94. The third-order valence-electron chi connectivity index (χ3n) is 2.63. The van der Waals surface area contributed by atoms with Crippen LogP contribution in [-0.2, 0) is 0 Å². The standard InChI is InChI=1S/C15H22N2O/c1-5-10-17-14(16)12-9-7-6-8-11(12)13(18)15(2,3)4/h6-9H,5,10H2,1-4H3,(H2,16,17). The molecule has 3 heteroatoms. The Kier molecular flexibility index (Phi) is 4.65. The second kappa shape index (κ2) is 5.80. The Morgan fingerprint density at radius 3 is 2.28 bits per heavy atom. The molecule has 0 atom stereocenters. The van der Waals surface area contributed by atoms with Crippen molar-refractivity contribution in [3.05, 3.63) is 35.4 Å². The van der Waals surface area contributed by atoms with Gasteiger partial charge in [-0.3, -0.25) is 9.79 Å². The lowest BCUT2D eigenvalue weighted by molar-refractivity contribution is 0.0858. The predicted octanol–water partition coefficient (Wildman–Crippen LogP) is 3.03. The van der Waals surface area contributed by atoms with Crippen molar-refractivity contribution in [1.29, 1.82) is 0 Å². The highest BCUT2D eigenvalue weighted by Crippen LogP contribution is 2.23. The maximum absolute atomic E-state index is 12.4. The van der Waals surface area contributed by atoms with Crippen LogP contribution in [0.15, 0.2) is 29.3 Å². The molecule has 2 N–H and O–H groups in total. The topological polar surface area (TPSA) is 55.4 Å². The Balaban J connectivity index is 3.19. The zero-order valence-electron chi connectivity index (χ0n) is 11.7. The highest BCUT2D eigenvalue weighted by atomic mass is 16.1. The van der Waals surface area contributed by atoms with Crippen LogP contribution < -0.4 is 5.73 Å². The maximum Gasteiger partial charge on any atom is 0.168 e. The summed E-state index contributed by atoms with van der Waals surface area (Å²) in [6.45, 7) is 8.45. The fourth-order valence-electron chi connectivity index (χ4n) is 1.63. The van der Waals surface area contributed by atoms with Crippen molar-refractivity contribution in [2.24, 2.45) is 16.1 Å². The van der Waals surface area contributed by atoms with Gasteiger partial charge in [-0.2, -0.15) is 0 Å². The number of carbonyl (C=O) groups excluding carboxylic acids is 1.